The van der Waals surface area contributed by atoms with Crippen LogP contribution in [0.25, 0.3) is 0 Å². The molecule has 0 aliphatic rings. The Balaban J connectivity index is 0.000000307. The molecule has 4 rings (SSSR count). The normalized spacial score (nSPS) is 11.8. The van der Waals surface area contributed by atoms with E-state index in [0.29, 0.717) is 11.5 Å². The maximum Gasteiger partial charge on any atom is 0.129 e. The van der Waals surface area contributed by atoms with Gasteiger partial charge in [-0.15, -0.1) is 0 Å². The average molecular weight is 801 g/mol. The van der Waals surface area contributed by atoms with E-state index >= 15 is 0 Å². The van der Waals surface area contributed by atoms with Gasteiger partial charge >= 0.3 is 0 Å². The second-order valence-corrected chi connectivity index (χ2v) is 19.8. The number of hydrogen-bond donors (Lipinski definition) is 4. The van der Waals surface area contributed by atoms with Crippen LogP contribution in [-0.2, 0) is 23.7 Å². The van der Waals surface area contributed by atoms with Crippen LogP contribution < -0.4 is 0 Å². The molecule has 0 unspecified atom stereocenters. The minimum Gasteiger partial charge on any atom is -0.508 e. The predicted molar refractivity (Wildman–Crippen MR) is 242 cm³/mol. The fourth-order valence-electron chi connectivity index (χ4n) is 6.81. The van der Waals surface area contributed by atoms with E-state index in [2.05, 4.69) is 79.7 Å². The minimum atomic E-state index is -0.117. The van der Waals surface area contributed by atoms with E-state index in [1.807, 2.05) is 38.1 Å². The molecule has 0 amide bonds. The Bertz CT molecular complexity index is 1680. The Morgan fingerprint density at radius 1 is 0.411 bits per heavy atom. The van der Waals surface area contributed by atoms with E-state index < -0.39 is 0 Å². The standard InChI is InChI=1S/C28H42O2S.C22H30O2S/c1-3-5-7-9-11-13-15-23-17-19-25(29)27(21-23)31-28-22-24(18-20-26(28)30)16-14-12-10-8-6-4-2;1-13-9-17(23)15(21(3,4)5)11-19(13)25-20-12-16(22(6,7)8)18(24)10-14(20)2/h17-22,29-30H,3-16H2,1-2H3;9-12,23-24H,1-8H3. The maximum atomic E-state index is 10.4. The monoisotopic (exact) mass is 800 g/mol. The molecule has 0 atom stereocenters. The highest BCUT2D eigenvalue weighted by atomic mass is 32.2. The topological polar surface area (TPSA) is 80.9 Å². The summed E-state index contributed by atoms with van der Waals surface area (Å²) in [5, 5.41) is 41.4. The summed E-state index contributed by atoms with van der Waals surface area (Å²) in [6, 6.07) is 19.7. The van der Waals surface area contributed by atoms with Crippen molar-refractivity contribution in [2.75, 3.05) is 0 Å². The van der Waals surface area contributed by atoms with Crippen LogP contribution in [0, 0.1) is 13.8 Å². The molecule has 4 nitrogen and oxygen atoms in total. The highest BCUT2D eigenvalue weighted by molar-refractivity contribution is 7.99. The molecule has 0 aromatic heterocycles. The van der Waals surface area contributed by atoms with Gasteiger partial charge < -0.3 is 20.4 Å². The Hall–Kier alpha value is -3.22. The lowest BCUT2D eigenvalue weighted by Crippen LogP contribution is -2.12. The van der Waals surface area contributed by atoms with Crippen LogP contribution in [0.4, 0.5) is 0 Å². The second kappa shape index (κ2) is 22.6. The molecule has 4 aromatic carbocycles. The number of unbranched alkanes of at least 4 members (excludes halogenated alkanes) is 10. The zero-order chi connectivity index (χ0) is 41.5. The van der Waals surface area contributed by atoms with E-state index in [4.69, 9.17) is 0 Å². The highest BCUT2D eigenvalue weighted by Crippen LogP contribution is 2.43. The van der Waals surface area contributed by atoms with Crippen molar-refractivity contribution in [3.8, 4) is 23.0 Å². The van der Waals surface area contributed by atoms with Gasteiger partial charge in [-0.2, -0.15) is 0 Å². The minimum absolute atomic E-state index is 0.117. The number of aromatic hydroxyl groups is 4. The van der Waals surface area contributed by atoms with Gasteiger partial charge in [-0.05, 0) is 121 Å². The van der Waals surface area contributed by atoms with Crippen LogP contribution in [-0.4, -0.2) is 20.4 Å². The molecule has 0 spiro atoms. The molecule has 0 aliphatic heterocycles. The van der Waals surface area contributed by atoms with Gasteiger partial charge in [-0.3, -0.25) is 0 Å². The molecule has 0 fully saturated rings. The van der Waals surface area contributed by atoms with Crippen LogP contribution in [0.1, 0.15) is 166 Å². The molecule has 0 radical (unpaired) electrons. The smallest absolute Gasteiger partial charge is 0.129 e. The van der Waals surface area contributed by atoms with Crippen LogP contribution >= 0.6 is 23.5 Å². The number of rotatable bonds is 18. The van der Waals surface area contributed by atoms with Crippen molar-refractivity contribution < 1.29 is 20.4 Å². The lowest BCUT2D eigenvalue weighted by Gasteiger charge is -2.24. The summed E-state index contributed by atoms with van der Waals surface area (Å²) in [6.45, 7) is 21.2. The molecule has 0 heterocycles. The van der Waals surface area contributed by atoms with Crippen LogP contribution in [0.5, 0.6) is 23.0 Å². The van der Waals surface area contributed by atoms with Gasteiger partial charge in [0.15, 0.2) is 0 Å². The van der Waals surface area contributed by atoms with Gasteiger partial charge in [-0.25, -0.2) is 0 Å². The molecular formula is C50H72O4S2. The van der Waals surface area contributed by atoms with Crippen LogP contribution in [0.2, 0.25) is 0 Å². The average Bonchev–Trinajstić information content (AvgIpc) is 3.11. The van der Waals surface area contributed by atoms with Crippen molar-refractivity contribution in [3.05, 3.63) is 94.0 Å². The van der Waals surface area contributed by atoms with Gasteiger partial charge in [0.1, 0.15) is 23.0 Å². The van der Waals surface area contributed by atoms with Crippen molar-refractivity contribution >= 4 is 23.5 Å². The van der Waals surface area contributed by atoms with E-state index in [-0.39, 0.29) is 22.3 Å². The summed E-state index contributed by atoms with van der Waals surface area (Å²) in [5.41, 5.74) is 6.31. The second-order valence-electron chi connectivity index (χ2n) is 17.6. The third-order valence-corrected chi connectivity index (χ3v) is 12.7. The fourth-order valence-corrected chi connectivity index (χ4v) is 8.85. The Morgan fingerprint density at radius 3 is 1.11 bits per heavy atom. The van der Waals surface area contributed by atoms with Gasteiger partial charge in [-0.1, -0.05) is 155 Å². The van der Waals surface area contributed by atoms with E-state index in [1.165, 1.54) is 99.9 Å². The Morgan fingerprint density at radius 2 is 0.750 bits per heavy atom. The molecular weight excluding hydrogens is 729 g/mol. The summed E-state index contributed by atoms with van der Waals surface area (Å²) in [6.07, 6.45) is 17.5. The van der Waals surface area contributed by atoms with Crippen LogP contribution in [0.3, 0.4) is 0 Å². The molecule has 0 saturated heterocycles. The first kappa shape index (κ1) is 47.2. The van der Waals surface area contributed by atoms with Crippen molar-refractivity contribution in [3.63, 3.8) is 0 Å². The third-order valence-electron chi connectivity index (χ3n) is 10.3. The first-order valence-corrected chi connectivity index (χ1v) is 22.8. The molecule has 6 heteroatoms. The summed E-state index contributed by atoms with van der Waals surface area (Å²) < 4.78 is 0. The number of phenols is 4. The molecule has 4 aromatic rings. The van der Waals surface area contributed by atoms with Crippen molar-refractivity contribution in [2.24, 2.45) is 0 Å². The number of hydrogen-bond acceptors (Lipinski definition) is 6. The fraction of sp³-hybridized carbons (Fsp3) is 0.520. The number of phenolic OH excluding ortho intramolecular Hbond substituents is 4. The van der Waals surface area contributed by atoms with E-state index in [1.54, 1.807) is 23.9 Å². The molecule has 308 valence electrons. The van der Waals surface area contributed by atoms with Crippen molar-refractivity contribution in [1.82, 2.24) is 0 Å². The molecule has 0 saturated carbocycles. The number of benzene rings is 4. The molecule has 4 N–H and O–H groups in total. The first-order chi connectivity index (χ1) is 26.4. The largest absolute Gasteiger partial charge is 0.508 e. The zero-order valence-corrected chi connectivity index (χ0v) is 37.9. The van der Waals surface area contributed by atoms with E-state index in [9.17, 15) is 20.4 Å². The van der Waals surface area contributed by atoms with Gasteiger partial charge in [0.25, 0.3) is 0 Å². The van der Waals surface area contributed by atoms with E-state index in [0.717, 1.165) is 54.7 Å². The Kier molecular flexibility index (Phi) is 19.1. The summed E-state index contributed by atoms with van der Waals surface area (Å²) in [4.78, 5) is 3.93. The van der Waals surface area contributed by atoms with Gasteiger partial charge in [0, 0.05) is 20.9 Å². The van der Waals surface area contributed by atoms with Crippen molar-refractivity contribution in [2.45, 2.75) is 190 Å². The molecule has 0 aliphatic carbocycles. The maximum absolute atomic E-state index is 10.4. The third kappa shape index (κ3) is 15.3. The highest BCUT2D eigenvalue weighted by Gasteiger charge is 2.23. The first-order valence-electron chi connectivity index (χ1n) is 21.1. The zero-order valence-electron chi connectivity index (χ0n) is 36.3. The summed E-state index contributed by atoms with van der Waals surface area (Å²) in [7, 11) is 0. The van der Waals surface area contributed by atoms with Crippen molar-refractivity contribution in [1.29, 1.82) is 0 Å². The predicted octanol–water partition coefficient (Wildman–Crippen LogP) is 15.5. The summed E-state index contributed by atoms with van der Waals surface area (Å²) >= 11 is 3.17. The molecule has 0 bridgehead atoms. The Labute approximate surface area is 349 Å². The molecule has 56 heavy (non-hydrogen) atoms. The summed E-state index contributed by atoms with van der Waals surface area (Å²) in [5.74, 6) is 1.29. The SMILES string of the molecule is CCCCCCCCc1ccc(O)c(Sc2cc(CCCCCCCC)ccc2O)c1.Cc1cc(O)c(C(C)(C)C)cc1Sc1cc(C(C)(C)C)c(O)cc1C. The number of aryl methyl sites for hydroxylation is 4. The lowest BCUT2D eigenvalue weighted by molar-refractivity contribution is 0.444. The lowest BCUT2D eigenvalue weighted by atomic mass is 9.86. The van der Waals surface area contributed by atoms with Gasteiger partial charge in [0.05, 0.1) is 9.79 Å². The van der Waals surface area contributed by atoms with Gasteiger partial charge in [0.2, 0.25) is 0 Å². The quantitative estimate of drug-likeness (QED) is 0.0751. The van der Waals surface area contributed by atoms with Crippen LogP contribution in [0.15, 0.2) is 80.2 Å².